The van der Waals surface area contributed by atoms with Crippen LogP contribution in [-0.4, -0.2) is 22.9 Å². The summed E-state index contributed by atoms with van der Waals surface area (Å²) in [6.45, 7) is 8.89. The maximum atomic E-state index is 10.7. The number of nitrogens with zero attached hydrogens (tertiary/aromatic N) is 2. The third kappa shape index (κ3) is 4.21. The molecule has 1 heterocycles. The molecule has 0 aliphatic carbocycles. The number of rotatable bonds is 3. The molecule has 5 heteroatoms. The third-order valence-corrected chi connectivity index (χ3v) is 3.67. The molecule has 21 heavy (non-hydrogen) atoms. The SMILES string of the molecule is CC(C)(C)c1ccc(CN2CCCN/C2=C\[N+](=O)[O-])cc1. The highest BCUT2D eigenvalue weighted by Gasteiger charge is 2.18. The van der Waals surface area contributed by atoms with Crippen LogP contribution in [0.1, 0.15) is 38.3 Å². The molecule has 1 N–H and O–H groups in total. The van der Waals surface area contributed by atoms with Crippen LogP contribution in [0.5, 0.6) is 0 Å². The summed E-state index contributed by atoms with van der Waals surface area (Å²) in [6, 6.07) is 8.51. The van der Waals surface area contributed by atoms with Crippen LogP contribution in [0, 0.1) is 10.1 Å². The Bertz CT molecular complexity index is 529. The second-order valence-electron chi connectivity index (χ2n) is 6.45. The molecule has 0 unspecified atom stereocenters. The normalized spacial score (nSPS) is 17.7. The lowest BCUT2D eigenvalue weighted by molar-refractivity contribution is -0.405. The minimum absolute atomic E-state index is 0.141. The van der Waals surface area contributed by atoms with E-state index < -0.39 is 4.92 Å². The molecule has 0 saturated carbocycles. The van der Waals surface area contributed by atoms with Gasteiger partial charge >= 0.3 is 0 Å². The summed E-state index contributed by atoms with van der Waals surface area (Å²) >= 11 is 0. The molecule has 0 bridgehead atoms. The second-order valence-corrected chi connectivity index (χ2v) is 6.45. The van der Waals surface area contributed by atoms with Crippen molar-refractivity contribution >= 4 is 0 Å². The van der Waals surface area contributed by atoms with Crippen molar-refractivity contribution in [2.24, 2.45) is 0 Å². The van der Waals surface area contributed by atoms with Gasteiger partial charge in [-0.3, -0.25) is 10.1 Å². The van der Waals surface area contributed by atoms with Gasteiger partial charge < -0.3 is 10.2 Å². The van der Waals surface area contributed by atoms with Gasteiger partial charge in [-0.15, -0.1) is 0 Å². The Morgan fingerprint density at radius 3 is 2.57 bits per heavy atom. The lowest BCUT2D eigenvalue weighted by Crippen LogP contribution is -2.39. The molecule has 1 aliphatic rings. The molecule has 0 atom stereocenters. The lowest BCUT2D eigenvalue weighted by Gasteiger charge is -2.31. The molecule has 1 aromatic rings. The molecular weight excluding hydrogens is 266 g/mol. The Morgan fingerprint density at radius 1 is 1.33 bits per heavy atom. The van der Waals surface area contributed by atoms with Crippen LogP contribution in [0.4, 0.5) is 0 Å². The number of hydrogen-bond donors (Lipinski definition) is 1. The van der Waals surface area contributed by atoms with Gasteiger partial charge in [-0.2, -0.15) is 0 Å². The third-order valence-electron chi connectivity index (χ3n) is 3.67. The summed E-state index contributed by atoms with van der Waals surface area (Å²) in [4.78, 5) is 12.3. The Hall–Kier alpha value is -2.04. The van der Waals surface area contributed by atoms with Crippen molar-refractivity contribution in [3.63, 3.8) is 0 Å². The van der Waals surface area contributed by atoms with Crippen LogP contribution in [0.25, 0.3) is 0 Å². The maximum absolute atomic E-state index is 10.7. The molecule has 0 amide bonds. The fourth-order valence-electron chi connectivity index (χ4n) is 2.44. The van der Waals surface area contributed by atoms with Crippen molar-refractivity contribution in [1.29, 1.82) is 0 Å². The fourth-order valence-corrected chi connectivity index (χ4v) is 2.44. The molecule has 2 rings (SSSR count). The number of hydrogen-bond acceptors (Lipinski definition) is 4. The first-order valence-corrected chi connectivity index (χ1v) is 7.30. The van der Waals surface area contributed by atoms with Gasteiger partial charge in [-0.25, -0.2) is 0 Å². The summed E-state index contributed by atoms with van der Waals surface area (Å²) in [7, 11) is 0. The van der Waals surface area contributed by atoms with Crippen molar-refractivity contribution in [1.82, 2.24) is 10.2 Å². The summed E-state index contributed by atoms with van der Waals surface area (Å²) in [6.07, 6.45) is 2.05. The van der Waals surface area contributed by atoms with Gasteiger partial charge in [-0.1, -0.05) is 45.0 Å². The van der Waals surface area contributed by atoms with E-state index in [0.717, 1.165) is 25.7 Å². The first kappa shape index (κ1) is 15.4. The smallest absolute Gasteiger partial charge is 0.274 e. The van der Waals surface area contributed by atoms with Crippen LogP contribution < -0.4 is 5.32 Å². The van der Waals surface area contributed by atoms with E-state index >= 15 is 0 Å². The topological polar surface area (TPSA) is 58.4 Å². The Kier molecular flexibility index (Phi) is 4.50. The number of nitrogens with one attached hydrogen (secondary N) is 1. The summed E-state index contributed by atoms with van der Waals surface area (Å²) in [5, 5.41) is 13.8. The Morgan fingerprint density at radius 2 is 2.00 bits per heavy atom. The number of nitro groups is 1. The highest BCUT2D eigenvalue weighted by Crippen LogP contribution is 2.23. The zero-order chi connectivity index (χ0) is 15.5. The predicted octanol–water partition coefficient (Wildman–Crippen LogP) is 2.86. The van der Waals surface area contributed by atoms with Crippen LogP contribution >= 0.6 is 0 Å². The van der Waals surface area contributed by atoms with Crippen molar-refractivity contribution in [2.75, 3.05) is 13.1 Å². The van der Waals surface area contributed by atoms with Gasteiger partial charge in [-0.05, 0) is 23.0 Å². The van der Waals surface area contributed by atoms with Crippen LogP contribution in [0.3, 0.4) is 0 Å². The standard InChI is InChI=1S/C16H23N3O2/c1-16(2,3)14-7-5-13(6-8-14)11-18-10-4-9-17-15(18)12-19(20)21/h5-8,12,17H,4,9-11H2,1-3H3/b15-12+. The zero-order valence-corrected chi connectivity index (χ0v) is 12.9. The summed E-state index contributed by atoms with van der Waals surface area (Å²) in [5.41, 5.74) is 2.60. The van der Waals surface area contributed by atoms with Gasteiger partial charge in [0.25, 0.3) is 6.20 Å². The van der Waals surface area contributed by atoms with Gasteiger partial charge in [0.2, 0.25) is 0 Å². The van der Waals surface area contributed by atoms with E-state index in [9.17, 15) is 10.1 Å². The quantitative estimate of drug-likeness (QED) is 0.686. The average molecular weight is 289 g/mol. The van der Waals surface area contributed by atoms with E-state index in [0.29, 0.717) is 12.4 Å². The molecular formula is C16H23N3O2. The zero-order valence-electron chi connectivity index (χ0n) is 12.9. The van der Waals surface area contributed by atoms with Crippen molar-refractivity contribution in [2.45, 2.75) is 39.2 Å². The van der Waals surface area contributed by atoms with E-state index in [1.807, 2.05) is 4.90 Å². The van der Waals surface area contributed by atoms with Gasteiger partial charge in [0.15, 0.2) is 5.82 Å². The van der Waals surface area contributed by atoms with E-state index in [2.05, 4.69) is 50.4 Å². The highest BCUT2D eigenvalue weighted by atomic mass is 16.6. The molecule has 1 saturated heterocycles. The molecule has 0 radical (unpaired) electrons. The summed E-state index contributed by atoms with van der Waals surface area (Å²) in [5.74, 6) is 0.603. The minimum atomic E-state index is -0.399. The van der Waals surface area contributed by atoms with Gasteiger partial charge in [0.05, 0.1) is 4.92 Å². The monoisotopic (exact) mass is 289 g/mol. The van der Waals surface area contributed by atoms with Gasteiger partial charge in [0.1, 0.15) is 0 Å². The van der Waals surface area contributed by atoms with E-state index in [1.165, 1.54) is 11.1 Å². The molecule has 0 aromatic heterocycles. The first-order chi connectivity index (χ1) is 9.86. The molecule has 5 nitrogen and oxygen atoms in total. The molecule has 114 valence electrons. The van der Waals surface area contributed by atoms with Crippen molar-refractivity contribution in [3.05, 3.63) is 57.5 Å². The Balaban J connectivity index is 2.11. The molecule has 1 fully saturated rings. The van der Waals surface area contributed by atoms with Crippen LogP contribution in [0.15, 0.2) is 36.3 Å². The molecule has 0 spiro atoms. The predicted molar refractivity (Wildman–Crippen MR) is 83.2 cm³/mol. The largest absolute Gasteiger partial charge is 0.367 e. The minimum Gasteiger partial charge on any atom is -0.367 e. The average Bonchev–Trinajstić information content (AvgIpc) is 2.40. The number of benzene rings is 1. The fraction of sp³-hybridized carbons (Fsp3) is 0.500. The maximum Gasteiger partial charge on any atom is 0.274 e. The van der Waals surface area contributed by atoms with Crippen molar-refractivity contribution in [3.8, 4) is 0 Å². The molecule has 1 aliphatic heterocycles. The van der Waals surface area contributed by atoms with Crippen molar-refractivity contribution < 1.29 is 4.92 Å². The van der Waals surface area contributed by atoms with Crippen LogP contribution in [0.2, 0.25) is 0 Å². The summed E-state index contributed by atoms with van der Waals surface area (Å²) < 4.78 is 0. The van der Waals surface area contributed by atoms with E-state index in [1.54, 1.807) is 0 Å². The highest BCUT2D eigenvalue weighted by molar-refractivity contribution is 5.27. The Labute approximate surface area is 125 Å². The van der Waals surface area contributed by atoms with E-state index in [-0.39, 0.29) is 5.41 Å². The van der Waals surface area contributed by atoms with E-state index in [4.69, 9.17) is 0 Å². The van der Waals surface area contributed by atoms with Gasteiger partial charge in [0, 0.05) is 19.6 Å². The molecule has 1 aromatic carbocycles. The lowest BCUT2D eigenvalue weighted by atomic mass is 9.87. The second kappa shape index (κ2) is 6.16. The first-order valence-electron chi connectivity index (χ1n) is 7.30. The van der Waals surface area contributed by atoms with Crippen LogP contribution in [-0.2, 0) is 12.0 Å².